The average molecular weight is 261 g/mol. The van der Waals surface area contributed by atoms with Crippen molar-refractivity contribution in [2.45, 2.75) is 5.92 Å². The molecule has 1 aliphatic heterocycles. The number of nitrogens with zero attached hydrogens (tertiary/aromatic N) is 1. The second kappa shape index (κ2) is 4.76. The second-order valence-corrected chi connectivity index (χ2v) is 4.28. The minimum Gasteiger partial charge on any atom is -0.493 e. The molecule has 1 aliphatic rings. The molecule has 0 bridgehead atoms. The Kier molecular flexibility index (Phi) is 3.29. The Morgan fingerprint density at radius 2 is 1.79 bits per heavy atom. The first-order valence-electron chi connectivity index (χ1n) is 5.74. The van der Waals surface area contributed by atoms with Crippen LogP contribution < -0.4 is 9.47 Å². The van der Waals surface area contributed by atoms with Gasteiger partial charge >= 0.3 is 0 Å². The fraction of sp³-hybridized carbons (Fsp3) is 0.286. The number of ether oxygens (including phenoxy) is 2. The van der Waals surface area contributed by atoms with Crippen LogP contribution in [0.3, 0.4) is 0 Å². The van der Waals surface area contributed by atoms with Gasteiger partial charge in [0.15, 0.2) is 11.5 Å². The van der Waals surface area contributed by atoms with Crippen molar-refractivity contribution in [1.29, 1.82) is 0 Å². The Labute approximate surface area is 111 Å². The first-order valence-corrected chi connectivity index (χ1v) is 5.74. The van der Waals surface area contributed by atoms with E-state index in [4.69, 9.17) is 9.47 Å². The highest BCUT2D eigenvalue weighted by Crippen LogP contribution is 2.37. The number of amides is 2. The fourth-order valence-corrected chi connectivity index (χ4v) is 2.16. The number of carbonyl (C=O) groups is 2. The Hall–Kier alpha value is -2.30. The summed E-state index contributed by atoms with van der Waals surface area (Å²) in [5.74, 6) is -0.172. The molecule has 1 fully saturated rings. The molecule has 100 valence electrons. The molecule has 1 atom stereocenters. The van der Waals surface area contributed by atoms with Crippen molar-refractivity contribution in [1.82, 2.24) is 4.90 Å². The van der Waals surface area contributed by atoms with Crippen LogP contribution in [0.15, 0.2) is 30.4 Å². The van der Waals surface area contributed by atoms with Crippen molar-refractivity contribution >= 4 is 11.8 Å². The van der Waals surface area contributed by atoms with E-state index >= 15 is 0 Å². The number of carbonyl (C=O) groups excluding carboxylic acids is 2. The lowest BCUT2D eigenvalue weighted by molar-refractivity contribution is -0.136. The summed E-state index contributed by atoms with van der Waals surface area (Å²) in [5, 5.41) is 0. The van der Waals surface area contributed by atoms with Crippen LogP contribution in [0.25, 0.3) is 0 Å². The van der Waals surface area contributed by atoms with Gasteiger partial charge in [0.05, 0.1) is 20.1 Å². The van der Waals surface area contributed by atoms with Crippen molar-refractivity contribution < 1.29 is 19.1 Å². The van der Waals surface area contributed by atoms with E-state index in [-0.39, 0.29) is 17.4 Å². The zero-order valence-electron chi connectivity index (χ0n) is 11.1. The maximum absolute atomic E-state index is 12.1. The number of likely N-dealkylation sites (tertiary alicyclic amines) is 1. The van der Waals surface area contributed by atoms with E-state index in [1.165, 1.54) is 21.3 Å². The molecule has 0 saturated carbocycles. The summed E-state index contributed by atoms with van der Waals surface area (Å²) in [6.07, 6.45) is 0. The number of benzene rings is 1. The minimum atomic E-state index is -0.641. The van der Waals surface area contributed by atoms with Gasteiger partial charge in [-0.05, 0) is 17.7 Å². The fourth-order valence-electron chi connectivity index (χ4n) is 2.16. The molecule has 0 aromatic heterocycles. The van der Waals surface area contributed by atoms with Gasteiger partial charge < -0.3 is 9.47 Å². The minimum absolute atomic E-state index is 0.276. The number of methoxy groups -OCH3 is 2. The Morgan fingerprint density at radius 3 is 2.26 bits per heavy atom. The molecule has 1 aromatic rings. The largest absolute Gasteiger partial charge is 0.493 e. The summed E-state index contributed by atoms with van der Waals surface area (Å²) in [6.45, 7) is 3.71. The number of hydrogen-bond acceptors (Lipinski definition) is 4. The van der Waals surface area contributed by atoms with Gasteiger partial charge in [0.1, 0.15) is 0 Å². The smallest absolute Gasteiger partial charge is 0.256 e. The highest BCUT2D eigenvalue weighted by Gasteiger charge is 2.41. The van der Waals surface area contributed by atoms with E-state index in [0.717, 1.165) is 4.90 Å². The molecule has 0 N–H and O–H groups in total. The molecule has 1 heterocycles. The zero-order chi connectivity index (χ0) is 14.2. The first-order chi connectivity index (χ1) is 9.01. The van der Waals surface area contributed by atoms with Gasteiger partial charge in [0, 0.05) is 12.6 Å². The van der Waals surface area contributed by atoms with E-state index < -0.39 is 5.92 Å². The van der Waals surface area contributed by atoms with Crippen LogP contribution in [0.4, 0.5) is 0 Å². The highest BCUT2D eigenvalue weighted by molar-refractivity contribution is 6.16. The summed E-state index contributed by atoms with van der Waals surface area (Å²) < 4.78 is 10.3. The molecule has 19 heavy (non-hydrogen) atoms. The van der Waals surface area contributed by atoms with Crippen molar-refractivity contribution in [2.24, 2.45) is 0 Å². The van der Waals surface area contributed by atoms with Crippen LogP contribution in [0.5, 0.6) is 11.5 Å². The predicted molar refractivity (Wildman–Crippen MR) is 69.2 cm³/mol. The van der Waals surface area contributed by atoms with Crippen LogP contribution in [0, 0.1) is 0 Å². The molecule has 0 radical (unpaired) electrons. The number of rotatable bonds is 3. The third-order valence-electron chi connectivity index (χ3n) is 3.25. The summed E-state index contributed by atoms with van der Waals surface area (Å²) in [6, 6.07) is 5.14. The highest BCUT2D eigenvalue weighted by atomic mass is 16.5. The standard InChI is InChI=1S/C14H15NO4/c1-8-12(14(17)15(2)13(8)16)9-5-6-10(18-3)11(7-9)19-4/h5-7,12H,1H2,2-4H3. The molecule has 2 rings (SSSR count). The van der Waals surface area contributed by atoms with Gasteiger partial charge in [-0.2, -0.15) is 0 Å². The molecule has 2 amide bonds. The Morgan fingerprint density at radius 1 is 1.16 bits per heavy atom. The van der Waals surface area contributed by atoms with E-state index in [0.29, 0.717) is 17.1 Å². The van der Waals surface area contributed by atoms with E-state index in [1.807, 2.05) is 0 Å². The molecule has 0 aliphatic carbocycles. The molecule has 1 aromatic carbocycles. The van der Waals surface area contributed by atoms with Crippen LogP contribution >= 0.6 is 0 Å². The van der Waals surface area contributed by atoms with Crippen LogP contribution in [-0.2, 0) is 9.59 Å². The van der Waals surface area contributed by atoms with E-state index in [1.54, 1.807) is 18.2 Å². The van der Waals surface area contributed by atoms with Gasteiger partial charge in [-0.15, -0.1) is 0 Å². The molecule has 1 saturated heterocycles. The first kappa shape index (κ1) is 13.1. The molecule has 1 unspecified atom stereocenters. The monoisotopic (exact) mass is 261 g/mol. The lowest BCUT2D eigenvalue weighted by atomic mass is 9.94. The maximum Gasteiger partial charge on any atom is 0.256 e. The van der Waals surface area contributed by atoms with Gasteiger partial charge in [-0.1, -0.05) is 12.6 Å². The quantitative estimate of drug-likeness (QED) is 0.608. The maximum atomic E-state index is 12.1. The summed E-state index contributed by atoms with van der Waals surface area (Å²) in [7, 11) is 4.51. The van der Waals surface area contributed by atoms with Crippen molar-refractivity contribution in [3.05, 3.63) is 35.9 Å². The summed E-state index contributed by atoms with van der Waals surface area (Å²) >= 11 is 0. The van der Waals surface area contributed by atoms with E-state index in [9.17, 15) is 9.59 Å². The lowest BCUT2D eigenvalue weighted by Crippen LogP contribution is -2.25. The molecular weight excluding hydrogens is 246 g/mol. The van der Waals surface area contributed by atoms with E-state index in [2.05, 4.69) is 6.58 Å². The molecule has 5 nitrogen and oxygen atoms in total. The van der Waals surface area contributed by atoms with Crippen molar-refractivity contribution in [2.75, 3.05) is 21.3 Å². The third-order valence-corrected chi connectivity index (χ3v) is 3.25. The number of imide groups is 1. The van der Waals surface area contributed by atoms with Gasteiger partial charge in [0.2, 0.25) is 5.91 Å². The average Bonchev–Trinajstić information content (AvgIpc) is 2.62. The third kappa shape index (κ3) is 1.97. The Balaban J connectivity index is 2.45. The topological polar surface area (TPSA) is 55.8 Å². The normalized spacial score (nSPS) is 19.0. The van der Waals surface area contributed by atoms with Gasteiger partial charge in [0.25, 0.3) is 5.91 Å². The van der Waals surface area contributed by atoms with Crippen molar-refractivity contribution in [3.8, 4) is 11.5 Å². The predicted octanol–water partition coefficient (Wildman–Crippen LogP) is 1.34. The molecule has 5 heteroatoms. The number of likely N-dealkylation sites (N-methyl/N-ethyl adjacent to an activating group) is 1. The Bertz CT molecular complexity index is 565. The van der Waals surface area contributed by atoms with Crippen LogP contribution in [-0.4, -0.2) is 38.0 Å². The summed E-state index contributed by atoms with van der Waals surface area (Å²) in [4.78, 5) is 24.9. The second-order valence-electron chi connectivity index (χ2n) is 4.28. The van der Waals surface area contributed by atoms with Crippen LogP contribution in [0.2, 0.25) is 0 Å². The van der Waals surface area contributed by atoms with Crippen molar-refractivity contribution in [3.63, 3.8) is 0 Å². The van der Waals surface area contributed by atoms with Gasteiger partial charge in [-0.3, -0.25) is 14.5 Å². The van der Waals surface area contributed by atoms with Crippen LogP contribution in [0.1, 0.15) is 11.5 Å². The van der Waals surface area contributed by atoms with Gasteiger partial charge in [-0.25, -0.2) is 0 Å². The molecular formula is C14H15NO4. The zero-order valence-corrected chi connectivity index (χ0v) is 11.1. The SMILES string of the molecule is C=C1C(=O)N(C)C(=O)C1c1ccc(OC)c(OC)c1. The lowest BCUT2D eigenvalue weighted by Gasteiger charge is -2.13. The molecule has 0 spiro atoms. The number of hydrogen-bond donors (Lipinski definition) is 0. The summed E-state index contributed by atoms with van der Waals surface area (Å²) in [5.41, 5.74) is 0.949.